The quantitative estimate of drug-likeness (QED) is 0.400. The van der Waals surface area contributed by atoms with Crippen molar-refractivity contribution < 1.29 is 14.1 Å². The molecule has 1 aliphatic rings. The van der Waals surface area contributed by atoms with E-state index in [-0.39, 0.29) is 0 Å². The van der Waals surface area contributed by atoms with Gasteiger partial charge in [0.15, 0.2) is 0 Å². The van der Waals surface area contributed by atoms with Crippen LogP contribution in [0, 0.1) is 0 Å². The fraction of sp³-hybridized carbons (Fsp3) is 0.333. The molecule has 0 aromatic carbocycles. The molecule has 2 amide bonds. The number of imide groups is 1. The highest BCUT2D eigenvalue weighted by molar-refractivity contribution is 7.89. The third-order valence-electron chi connectivity index (χ3n) is 1.32. The van der Waals surface area contributed by atoms with Crippen LogP contribution in [0.15, 0.2) is 11.6 Å². The predicted octanol–water partition coefficient (Wildman–Crippen LogP) is -0.405. The van der Waals surface area contributed by atoms with Crippen LogP contribution in [0.3, 0.4) is 0 Å². The molecule has 0 saturated heterocycles. The summed E-state index contributed by atoms with van der Waals surface area (Å²) in [6, 6.07) is 0. The van der Waals surface area contributed by atoms with E-state index in [4.69, 9.17) is 0 Å². The van der Waals surface area contributed by atoms with Gasteiger partial charge in [-0.1, -0.05) is 4.31 Å². The highest BCUT2D eigenvalue weighted by Crippen LogP contribution is 2.14. The van der Waals surface area contributed by atoms with Crippen molar-refractivity contribution in [2.75, 3.05) is 6.26 Å². The first-order valence-corrected chi connectivity index (χ1v) is 4.46. The molecule has 5 heteroatoms. The van der Waals surface area contributed by atoms with Crippen molar-refractivity contribution in [2.24, 2.45) is 0 Å². The number of carbonyl (C=O) groups excluding carboxylic acids is 2. The Morgan fingerprint density at radius 2 is 2.09 bits per heavy atom. The van der Waals surface area contributed by atoms with Crippen LogP contribution in [-0.4, -0.2) is 26.9 Å². The Morgan fingerprint density at radius 3 is 2.27 bits per heavy atom. The van der Waals surface area contributed by atoms with Crippen LogP contribution < -0.4 is 0 Å². The van der Waals surface area contributed by atoms with Gasteiger partial charge >= 0.3 is 0 Å². The molecular formula is C6H7NO3S. The Labute approximate surface area is 67.2 Å². The molecule has 1 atom stereocenters. The highest BCUT2D eigenvalue weighted by atomic mass is 32.2. The van der Waals surface area contributed by atoms with Gasteiger partial charge in [0, 0.05) is 11.6 Å². The molecule has 0 bridgehead atoms. The first kappa shape index (κ1) is 8.29. The number of carbonyl (C=O) groups is 2. The minimum atomic E-state index is -1.54. The summed E-state index contributed by atoms with van der Waals surface area (Å²) < 4.78 is 11.5. The predicted molar refractivity (Wildman–Crippen MR) is 39.7 cm³/mol. The molecule has 0 aliphatic carbocycles. The van der Waals surface area contributed by atoms with Gasteiger partial charge in [-0.2, -0.15) is 0 Å². The molecule has 0 N–H and O–H groups in total. The van der Waals surface area contributed by atoms with Crippen LogP contribution >= 0.6 is 0 Å². The number of amides is 2. The van der Waals surface area contributed by atoms with Gasteiger partial charge in [-0.3, -0.25) is 9.59 Å². The molecule has 1 unspecified atom stereocenters. The average molecular weight is 173 g/mol. The fourth-order valence-electron chi connectivity index (χ4n) is 0.809. The van der Waals surface area contributed by atoms with E-state index in [2.05, 4.69) is 0 Å². The highest BCUT2D eigenvalue weighted by Gasteiger charge is 2.35. The third-order valence-corrected chi connectivity index (χ3v) is 2.18. The van der Waals surface area contributed by atoms with Crippen molar-refractivity contribution in [3.63, 3.8) is 0 Å². The number of hydrogen-bond donors (Lipinski definition) is 0. The first-order chi connectivity index (χ1) is 5.04. The van der Waals surface area contributed by atoms with Gasteiger partial charge < -0.3 is 4.55 Å². The lowest BCUT2D eigenvalue weighted by atomic mass is 10.3. The molecule has 60 valence electrons. The summed E-state index contributed by atoms with van der Waals surface area (Å²) in [4.78, 5) is 21.9. The van der Waals surface area contributed by atoms with Crippen molar-refractivity contribution in [3.8, 4) is 0 Å². The van der Waals surface area contributed by atoms with E-state index in [1.165, 1.54) is 19.3 Å². The van der Waals surface area contributed by atoms with E-state index in [0.29, 0.717) is 5.57 Å². The summed E-state index contributed by atoms with van der Waals surface area (Å²) in [6.07, 6.45) is 2.48. The van der Waals surface area contributed by atoms with Gasteiger partial charge in [-0.25, -0.2) is 0 Å². The minimum absolute atomic E-state index is 0.338. The zero-order valence-electron chi connectivity index (χ0n) is 6.16. The summed E-state index contributed by atoms with van der Waals surface area (Å²) in [5.74, 6) is -0.954. The number of rotatable bonds is 1. The van der Waals surface area contributed by atoms with E-state index in [9.17, 15) is 14.1 Å². The van der Waals surface area contributed by atoms with E-state index in [0.717, 1.165) is 4.31 Å². The number of hydrogen-bond acceptors (Lipinski definition) is 3. The van der Waals surface area contributed by atoms with Crippen LogP contribution in [0.5, 0.6) is 0 Å². The molecule has 1 heterocycles. The normalized spacial score (nSPS) is 20.6. The average Bonchev–Trinajstić information content (AvgIpc) is 2.07. The van der Waals surface area contributed by atoms with E-state index >= 15 is 0 Å². The first-order valence-electron chi connectivity index (χ1n) is 2.94. The lowest BCUT2D eigenvalue weighted by Crippen LogP contribution is -2.35. The summed E-state index contributed by atoms with van der Waals surface area (Å²) in [5.41, 5.74) is 0.338. The lowest BCUT2D eigenvalue weighted by molar-refractivity contribution is -0.131. The van der Waals surface area contributed by atoms with Crippen molar-refractivity contribution in [3.05, 3.63) is 11.6 Å². The van der Waals surface area contributed by atoms with Crippen LogP contribution in [0.1, 0.15) is 6.92 Å². The summed E-state index contributed by atoms with van der Waals surface area (Å²) in [7, 11) is 0. The third kappa shape index (κ3) is 1.29. The lowest BCUT2D eigenvalue weighted by Gasteiger charge is -2.12. The molecule has 4 nitrogen and oxygen atoms in total. The summed E-state index contributed by atoms with van der Waals surface area (Å²) in [5, 5.41) is 0. The molecular weight excluding hydrogens is 166 g/mol. The number of nitrogens with zero attached hydrogens (tertiary/aromatic N) is 1. The second kappa shape index (κ2) is 2.67. The van der Waals surface area contributed by atoms with Gasteiger partial charge in [-0.05, 0) is 6.92 Å². The minimum Gasteiger partial charge on any atom is -0.593 e. The molecule has 1 rings (SSSR count). The van der Waals surface area contributed by atoms with Gasteiger partial charge in [0.1, 0.15) is 6.26 Å². The Morgan fingerprint density at radius 1 is 1.55 bits per heavy atom. The summed E-state index contributed by atoms with van der Waals surface area (Å²) >= 11 is -1.54. The Balaban J connectivity index is 2.90. The van der Waals surface area contributed by atoms with E-state index in [1.807, 2.05) is 0 Å². The molecule has 0 saturated carbocycles. The zero-order chi connectivity index (χ0) is 8.59. The van der Waals surface area contributed by atoms with E-state index < -0.39 is 23.2 Å². The second-order valence-corrected chi connectivity index (χ2v) is 3.40. The van der Waals surface area contributed by atoms with Crippen LogP contribution in [0.4, 0.5) is 0 Å². The fourth-order valence-corrected chi connectivity index (χ4v) is 1.49. The topological polar surface area (TPSA) is 60.4 Å². The molecule has 11 heavy (non-hydrogen) atoms. The summed E-state index contributed by atoms with van der Waals surface area (Å²) in [6.45, 7) is 1.52. The molecule has 0 aromatic heterocycles. The molecule has 0 fully saturated rings. The van der Waals surface area contributed by atoms with Crippen molar-refractivity contribution in [2.45, 2.75) is 6.92 Å². The molecule has 0 radical (unpaired) electrons. The van der Waals surface area contributed by atoms with E-state index in [1.54, 1.807) is 0 Å². The van der Waals surface area contributed by atoms with Crippen molar-refractivity contribution in [1.29, 1.82) is 0 Å². The van der Waals surface area contributed by atoms with Crippen LogP contribution in [0.25, 0.3) is 0 Å². The van der Waals surface area contributed by atoms with Gasteiger partial charge in [0.2, 0.25) is 0 Å². The SMILES string of the molecule is CC1=CC(=O)N([S+](C)[O-])C1=O. The second-order valence-electron chi connectivity index (χ2n) is 2.19. The monoisotopic (exact) mass is 173 g/mol. The van der Waals surface area contributed by atoms with Gasteiger partial charge in [-0.15, -0.1) is 0 Å². The molecule has 0 spiro atoms. The molecule has 1 aliphatic heterocycles. The maximum Gasteiger partial charge on any atom is 0.299 e. The Hall–Kier alpha value is -0.810. The van der Waals surface area contributed by atoms with Gasteiger partial charge in [0.05, 0.1) is 11.4 Å². The maximum atomic E-state index is 11.0. The van der Waals surface area contributed by atoms with Crippen LogP contribution in [-0.2, 0) is 21.0 Å². The Kier molecular flexibility index (Phi) is 2.01. The van der Waals surface area contributed by atoms with Crippen molar-refractivity contribution >= 4 is 23.2 Å². The smallest absolute Gasteiger partial charge is 0.299 e. The largest absolute Gasteiger partial charge is 0.593 e. The standard InChI is InChI=1S/C6H7NO3S/c1-4-3-5(8)7(6(4)9)11(2)10/h3H,1-2H3. The van der Waals surface area contributed by atoms with Gasteiger partial charge in [0.25, 0.3) is 11.8 Å². The van der Waals surface area contributed by atoms with Crippen LogP contribution in [0.2, 0.25) is 0 Å². The maximum absolute atomic E-state index is 11.0. The molecule has 0 aromatic rings. The Bertz CT molecular complexity index is 246. The van der Waals surface area contributed by atoms with Crippen molar-refractivity contribution in [1.82, 2.24) is 4.31 Å². The zero-order valence-corrected chi connectivity index (χ0v) is 6.97.